The molecule has 0 spiro atoms. The molecule has 3 nitrogen and oxygen atoms in total. The smallest absolute Gasteiger partial charge is 0.118 e. The summed E-state index contributed by atoms with van der Waals surface area (Å²) in [5, 5.41) is 3.63. The number of nitrogens with one attached hydrogen (secondary N) is 1. The largest absolute Gasteiger partial charge is 0.497 e. The molecule has 2 aliphatic rings. The molecule has 18 heavy (non-hydrogen) atoms. The molecule has 1 aromatic carbocycles. The van der Waals surface area contributed by atoms with E-state index in [2.05, 4.69) is 17.4 Å². The SMILES string of the molecule is COc1ccc(CCNC2CC3CCC2O3)cc1. The first-order valence-electron chi connectivity index (χ1n) is 6.87. The Balaban J connectivity index is 1.44. The Kier molecular flexibility index (Phi) is 3.52. The van der Waals surface area contributed by atoms with Crippen LogP contribution in [0.3, 0.4) is 0 Å². The van der Waals surface area contributed by atoms with E-state index in [0.717, 1.165) is 18.7 Å². The van der Waals surface area contributed by atoms with E-state index in [0.29, 0.717) is 18.2 Å². The second-order valence-corrected chi connectivity index (χ2v) is 5.27. The van der Waals surface area contributed by atoms with Crippen molar-refractivity contribution in [2.75, 3.05) is 13.7 Å². The van der Waals surface area contributed by atoms with Crippen molar-refractivity contribution in [3.8, 4) is 5.75 Å². The van der Waals surface area contributed by atoms with Crippen LogP contribution in [0.15, 0.2) is 24.3 Å². The third-order valence-corrected chi connectivity index (χ3v) is 4.09. The molecule has 0 saturated carbocycles. The van der Waals surface area contributed by atoms with E-state index in [1.807, 2.05) is 12.1 Å². The van der Waals surface area contributed by atoms with Crippen LogP contribution >= 0.6 is 0 Å². The molecule has 3 rings (SSSR count). The van der Waals surface area contributed by atoms with Gasteiger partial charge in [-0.2, -0.15) is 0 Å². The fourth-order valence-corrected chi connectivity index (χ4v) is 3.05. The van der Waals surface area contributed by atoms with Gasteiger partial charge in [0.1, 0.15) is 5.75 Å². The zero-order valence-corrected chi connectivity index (χ0v) is 10.9. The number of hydrogen-bond acceptors (Lipinski definition) is 3. The van der Waals surface area contributed by atoms with E-state index >= 15 is 0 Å². The molecule has 3 heteroatoms. The van der Waals surface area contributed by atoms with Crippen molar-refractivity contribution in [1.82, 2.24) is 5.32 Å². The average molecular weight is 247 g/mol. The maximum Gasteiger partial charge on any atom is 0.118 e. The van der Waals surface area contributed by atoms with Gasteiger partial charge in [-0.1, -0.05) is 12.1 Å². The number of rotatable bonds is 5. The summed E-state index contributed by atoms with van der Waals surface area (Å²) in [5.41, 5.74) is 1.35. The lowest BCUT2D eigenvalue weighted by Crippen LogP contribution is -2.38. The van der Waals surface area contributed by atoms with Crippen LogP contribution in [0.2, 0.25) is 0 Å². The summed E-state index contributed by atoms with van der Waals surface area (Å²) in [5.74, 6) is 0.924. The van der Waals surface area contributed by atoms with Crippen LogP contribution < -0.4 is 10.1 Å². The molecule has 1 N–H and O–H groups in total. The second kappa shape index (κ2) is 5.29. The highest BCUT2D eigenvalue weighted by Crippen LogP contribution is 2.34. The van der Waals surface area contributed by atoms with Crippen LogP contribution in [-0.4, -0.2) is 31.9 Å². The van der Waals surface area contributed by atoms with Gasteiger partial charge in [-0.15, -0.1) is 0 Å². The van der Waals surface area contributed by atoms with E-state index < -0.39 is 0 Å². The van der Waals surface area contributed by atoms with Gasteiger partial charge in [0.2, 0.25) is 0 Å². The standard InChI is InChI=1S/C15H21NO2/c1-17-12-4-2-11(3-5-12)8-9-16-14-10-13-6-7-15(14)18-13/h2-5,13-16H,6-10H2,1H3. The predicted octanol–water partition coefficient (Wildman–Crippen LogP) is 2.15. The first-order chi connectivity index (χ1) is 8.85. The van der Waals surface area contributed by atoms with Crippen molar-refractivity contribution in [2.45, 2.75) is 43.9 Å². The number of ether oxygens (including phenoxy) is 2. The molecule has 1 aromatic rings. The Morgan fingerprint density at radius 3 is 2.72 bits per heavy atom. The molecule has 0 amide bonds. The van der Waals surface area contributed by atoms with Crippen molar-refractivity contribution in [2.24, 2.45) is 0 Å². The lowest BCUT2D eigenvalue weighted by atomic mass is 9.95. The summed E-state index contributed by atoms with van der Waals surface area (Å²) in [6, 6.07) is 8.91. The zero-order valence-electron chi connectivity index (χ0n) is 10.9. The van der Waals surface area contributed by atoms with E-state index in [4.69, 9.17) is 9.47 Å². The van der Waals surface area contributed by atoms with Crippen molar-refractivity contribution in [3.05, 3.63) is 29.8 Å². The monoisotopic (exact) mass is 247 g/mol. The lowest BCUT2D eigenvalue weighted by molar-refractivity contribution is 0.0975. The minimum absolute atomic E-state index is 0.478. The Bertz CT molecular complexity index is 390. The molecule has 0 radical (unpaired) electrons. The summed E-state index contributed by atoms with van der Waals surface area (Å²) in [4.78, 5) is 0. The first kappa shape index (κ1) is 12.0. The van der Waals surface area contributed by atoms with Crippen molar-refractivity contribution >= 4 is 0 Å². The van der Waals surface area contributed by atoms with Gasteiger partial charge in [0.05, 0.1) is 19.3 Å². The van der Waals surface area contributed by atoms with Crippen LogP contribution in [0, 0.1) is 0 Å². The fourth-order valence-electron chi connectivity index (χ4n) is 3.05. The van der Waals surface area contributed by atoms with Crippen molar-refractivity contribution < 1.29 is 9.47 Å². The quantitative estimate of drug-likeness (QED) is 0.865. The van der Waals surface area contributed by atoms with Gasteiger partial charge in [-0.05, 0) is 49.9 Å². The van der Waals surface area contributed by atoms with E-state index in [-0.39, 0.29) is 0 Å². The number of methoxy groups -OCH3 is 1. The predicted molar refractivity (Wildman–Crippen MR) is 71.0 cm³/mol. The van der Waals surface area contributed by atoms with Gasteiger partial charge < -0.3 is 14.8 Å². The van der Waals surface area contributed by atoms with Crippen LogP contribution in [0.5, 0.6) is 5.75 Å². The van der Waals surface area contributed by atoms with E-state index in [9.17, 15) is 0 Å². The van der Waals surface area contributed by atoms with Gasteiger partial charge in [0.25, 0.3) is 0 Å². The minimum Gasteiger partial charge on any atom is -0.497 e. The zero-order chi connectivity index (χ0) is 12.4. The molecule has 2 saturated heterocycles. The van der Waals surface area contributed by atoms with E-state index in [1.165, 1.54) is 24.8 Å². The first-order valence-corrected chi connectivity index (χ1v) is 6.87. The molecule has 2 fully saturated rings. The fraction of sp³-hybridized carbons (Fsp3) is 0.600. The van der Waals surface area contributed by atoms with Crippen LogP contribution in [0.4, 0.5) is 0 Å². The third-order valence-electron chi connectivity index (χ3n) is 4.09. The summed E-state index contributed by atoms with van der Waals surface area (Å²) in [6.45, 7) is 1.03. The van der Waals surface area contributed by atoms with Crippen LogP contribution in [0.25, 0.3) is 0 Å². The van der Waals surface area contributed by atoms with Gasteiger partial charge in [-0.25, -0.2) is 0 Å². The number of fused-ring (bicyclic) bond motifs is 2. The Hall–Kier alpha value is -1.06. The molecule has 3 atom stereocenters. The van der Waals surface area contributed by atoms with Crippen LogP contribution in [-0.2, 0) is 11.2 Å². The molecule has 98 valence electrons. The average Bonchev–Trinajstić information content (AvgIpc) is 3.02. The lowest BCUT2D eigenvalue weighted by Gasteiger charge is -2.20. The highest BCUT2D eigenvalue weighted by Gasteiger charge is 2.40. The van der Waals surface area contributed by atoms with E-state index in [1.54, 1.807) is 7.11 Å². The molecule has 3 unspecified atom stereocenters. The molecular weight excluding hydrogens is 226 g/mol. The minimum atomic E-state index is 0.478. The van der Waals surface area contributed by atoms with Gasteiger partial charge in [-0.3, -0.25) is 0 Å². The molecule has 2 heterocycles. The van der Waals surface area contributed by atoms with Crippen molar-refractivity contribution in [1.29, 1.82) is 0 Å². The Morgan fingerprint density at radius 1 is 1.28 bits per heavy atom. The Labute approximate surface area is 108 Å². The van der Waals surface area contributed by atoms with Gasteiger partial charge in [0.15, 0.2) is 0 Å². The summed E-state index contributed by atoms with van der Waals surface area (Å²) in [6.07, 6.45) is 5.79. The second-order valence-electron chi connectivity index (χ2n) is 5.27. The maximum atomic E-state index is 5.84. The van der Waals surface area contributed by atoms with Crippen LogP contribution in [0.1, 0.15) is 24.8 Å². The summed E-state index contributed by atoms with van der Waals surface area (Å²) >= 11 is 0. The summed E-state index contributed by atoms with van der Waals surface area (Å²) < 4.78 is 11.0. The molecule has 0 aromatic heterocycles. The number of benzene rings is 1. The Morgan fingerprint density at radius 2 is 2.11 bits per heavy atom. The van der Waals surface area contributed by atoms with Gasteiger partial charge in [0, 0.05) is 6.04 Å². The summed E-state index contributed by atoms with van der Waals surface area (Å²) in [7, 11) is 1.70. The molecular formula is C15H21NO2. The molecule has 0 aliphatic carbocycles. The highest BCUT2D eigenvalue weighted by molar-refractivity contribution is 5.27. The molecule has 2 aliphatic heterocycles. The topological polar surface area (TPSA) is 30.5 Å². The van der Waals surface area contributed by atoms with Crippen molar-refractivity contribution in [3.63, 3.8) is 0 Å². The maximum absolute atomic E-state index is 5.84. The third kappa shape index (κ3) is 2.52. The normalized spacial score (nSPS) is 29.7. The molecule has 2 bridgehead atoms. The van der Waals surface area contributed by atoms with Gasteiger partial charge >= 0.3 is 0 Å². The number of hydrogen-bond donors (Lipinski definition) is 1. The highest BCUT2D eigenvalue weighted by atomic mass is 16.5.